The van der Waals surface area contributed by atoms with Crippen LogP contribution in [0.4, 0.5) is 0 Å². The van der Waals surface area contributed by atoms with Crippen LogP contribution in [0.3, 0.4) is 0 Å². The first-order valence-electron chi connectivity index (χ1n) is 9.68. The molecular weight excluding hydrogens is 356 g/mol. The second kappa shape index (κ2) is 10.4. The summed E-state index contributed by atoms with van der Waals surface area (Å²) in [4.78, 5) is 9.87. The van der Waals surface area contributed by atoms with Crippen LogP contribution in [0, 0.1) is 6.92 Å². The summed E-state index contributed by atoms with van der Waals surface area (Å²) in [7, 11) is 0. The Kier molecular flexibility index (Phi) is 7.68. The van der Waals surface area contributed by atoms with Gasteiger partial charge >= 0.3 is 0 Å². The fourth-order valence-electron chi connectivity index (χ4n) is 3.11. The lowest BCUT2D eigenvalue weighted by atomic mass is 10.1. The lowest BCUT2D eigenvalue weighted by molar-refractivity contribution is 0.0342. The molecule has 1 saturated heterocycles. The van der Waals surface area contributed by atoms with E-state index in [1.54, 1.807) is 0 Å². The second-order valence-electron chi connectivity index (χ2n) is 6.77. The maximum Gasteiger partial charge on any atom is 0.191 e. The van der Waals surface area contributed by atoms with Gasteiger partial charge in [0, 0.05) is 35.9 Å². The summed E-state index contributed by atoms with van der Waals surface area (Å²) in [6.45, 7) is 11.3. The molecule has 0 aliphatic carbocycles. The third kappa shape index (κ3) is 6.65. The largest absolute Gasteiger partial charge is 0.379 e. The van der Waals surface area contributed by atoms with Crippen molar-refractivity contribution >= 4 is 17.3 Å². The van der Waals surface area contributed by atoms with Crippen molar-refractivity contribution in [3.8, 4) is 0 Å². The van der Waals surface area contributed by atoms with Crippen molar-refractivity contribution in [3.63, 3.8) is 0 Å². The van der Waals surface area contributed by atoms with E-state index in [2.05, 4.69) is 65.8 Å². The molecule has 1 aliphatic heterocycles. The molecule has 1 aromatic heterocycles. The van der Waals surface area contributed by atoms with Crippen LogP contribution >= 0.6 is 11.3 Å². The quantitative estimate of drug-likeness (QED) is 0.567. The van der Waals surface area contributed by atoms with Crippen molar-refractivity contribution in [2.24, 2.45) is 4.99 Å². The van der Waals surface area contributed by atoms with Gasteiger partial charge in [-0.2, -0.15) is 0 Å². The Morgan fingerprint density at radius 3 is 2.70 bits per heavy atom. The van der Waals surface area contributed by atoms with E-state index in [4.69, 9.17) is 9.73 Å². The third-order valence-electron chi connectivity index (χ3n) is 4.49. The molecule has 1 aromatic carbocycles. The van der Waals surface area contributed by atoms with E-state index in [0.717, 1.165) is 51.9 Å². The van der Waals surface area contributed by atoms with Crippen molar-refractivity contribution < 1.29 is 4.74 Å². The van der Waals surface area contributed by atoms with Gasteiger partial charge in [0.05, 0.1) is 26.3 Å². The van der Waals surface area contributed by atoms with Gasteiger partial charge in [0.2, 0.25) is 0 Å². The minimum absolute atomic E-state index is 0.676. The lowest BCUT2D eigenvalue weighted by Crippen LogP contribution is -2.36. The summed E-state index contributed by atoms with van der Waals surface area (Å²) in [6.07, 6.45) is 0. The highest BCUT2D eigenvalue weighted by Gasteiger charge is 2.10. The summed E-state index contributed by atoms with van der Waals surface area (Å²) in [6, 6.07) is 13.1. The van der Waals surface area contributed by atoms with Crippen LogP contribution in [-0.2, 0) is 24.4 Å². The number of nitrogens with one attached hydrogen (secondary N) is 2. The molecule has 2 N–H and O–H groups in total. The van der Waals surface area contributed by atoms with Crippen molar-refractivity contribution in [2.75, 3.05) is 32.8 Å². The molecule has 0 saturated carbocycles. The van der Waals surface area contributed by atoms with Gasteiger partial charge in [0.1, 0.15) is 0 Å². The predicted molar refractivity (Wildman–Crippen MR) is 113 cm³/mol. The standard InChI is InChI=1S/C21H30N4OS/c1-3-22-21(24-15-20-8-7-17(2)27-20)23-14-18-5-4-6-19(13-18)16-25-9-11-26-12-10-25/h4-8,13H,3,9-12,14-16H2,1-2H3,(H2,22,23,24). The lowest BCUT2D eigenvalue weighted by Gasteiger charge is -2.26. The van der Waals surface area contributed by atoms with Gasteiger partial charge in [-0.05, 0) is 37.1 Å². The zero-order valence-electron chi connectivity index (χ0n) is 16.3. The average Bonchev–Trinajstić information content (AvgIpc) is 3.10. The molecule has 5 nitrogen and oxygen atoms in total. The Morgan fingerprint density at radius 1 is 1.15 bits per heavy atom. The van der Waals surface area contributed by atoms with E-state index < -0.39 is 0 Å². The fraction of sp³-hybridized carbons (Fsp3) is 0.476. The van der Waals surface area contributed by atoms with E-state index in [1.165, 1.54) is 20.9 Å². The summed E-state index contributed by atoms with van der Waals surface area (Å²) in [5.74, 6) is 0.863. The summed E-state index contributed by atoms with van der Waals surface area (Å²) >= 11 is 1.82. The fourth-order valence-corrected chi connectivity index (χ4v) is 3.94. The molecule has 1 aliphatic rings. The number of thiophene rings is 1. The number of nitrogens with zero attached hydrogens (tertiary/aromatic N) is 2. The number of morpholine rings is 1. The van der Waals surface area contributed by atoms with Gasteiger partial charge in [-0.1, -0.05) is 24.3 Å². The molecule has 27 heavy (non-hydrogen) atoms. The normalized spacial score (nSPS) is 15.7. The smallest absolute Gasteiger partial charge is 0.191 e. The number of hydrogen-bond acceptors (Lipinski definition) is 4. The third-order valence-corrected chi connectivity index (χ3v) is 5.49. The molecule has 0 spiro atoms. The Labute approximate surface area is 166 Å². The highest BCUT2D eigenvalue weighted by atomic mass is 32.1. The predicted octanol–water partition coefficient (Wildman–Crippen LogP) is 3.14. The first-order chi connectivity index (χ1) is 13.2. The van der Waals surface area contributed by atoms with Crippen LogP contribution in [0.15, 0.2) is 41.4 Å². The number of benzene rings is 1. The van der Waals surface area contributed by atoms with Crippen molar-refractivity contribution in [1.29, 1.82) is 0 Å². The van der Waals surface area contributed by atoms with E-state index in [1.807, 2.05) is 11.3 Å². The molecule has 0 unspecified atom stereocenters. The molecule has 2 heterocycles. The average molecular weight is 387 g/mol. The molecule has 0 amide bonds. The van der Waals surface area contributed by atoms with Crippen molar-refractivity contribution in [1.82, 2.24) is 15.5 Å². The molecule has 6 heteroatoms. The molecule has 0 atom stereocenters. The zero-order valence-corrected chi connectivity index (χ0v) is 17.1. The summed E-state index contributed by atoms with van der Waals surface area (Å²) in [5, 5.41) is 6.76. The highest BCUT2D eigenvalue weighted by molar-refractivity contribution is 7.11. The molecule has 3 rings (SSSR count). The minimum atomic E-state index is 0.676. The van der Waals surface area contributed by atoms with E-state index in [-0.39, 0.29) is 0 Å². The molecule has 146 valence electrons. The van der Waals surface area contributed by atoms with Gasteiger partial charge < -0.3 is 15.4 Å². The molecule has 0 radical (unpaired) electrons. The van der Waals surface area contributed by atoms with E-state index >= 15 is 0 Å². The monoisotopic (exact) mass is 386 g/mol. The highest BCUT2D eigenvalue weighted by Crippen LogP contribution is 2.14. The second-order valence-corrected chi connectivity index (χ2v) is 8.14. The topological polar surface area (TPSA) is 48.9 Å². The number of guanidine groups is 1. The van der Waals surface area contributed by atoms with E-state index in [9.17, 15) is 0 Å². The Hall–Kier alpha value is -1.89. The van der Waals surface area contributed by atoms with Gasteiger partial charge in [-0.25, -0.2) is 4.99 Å². The summed E-state index contributed by atoms with van der Waals surface area (Å²) in [5.41, 5.74) is 2.58. The number of ether oxygens (including phenoxy) is 1. The van der Waals surface area contributed by atoms with Crippen LogP contribution in [0.25, 0.3) is 0 Å². The molecule has 2 aromatic rings. The van der Waals surface area contributed by atoms with Crippen molar-refractivity contribution in [2.45, 2.75) is 33.5 Å². The maximum atomic E-state index is 5.43. The Morgan fingerprint density at radius 2 is 1.96 bits per heavy atom. The minimum Gasteiger partial charge on any atom is -0.379 e. The SMILES string of the molecule is CCNC(=NCc1cccc(CN2CCOCC2)c1)NCc1ccc(C)s1. The van der Waals surface area contributed by atoms with Crippen LogP contribution in [0.2, 0.25) is 0 Å². The summed E-state index contributed by atoms with van der Waals surface area (Å²) < 4.78 is 5.43. The Bertz CT molecular complexity index is 737. The van der Waals surface area contributed by atoms with Crippen LogP contribution in [0.5, 0.6) is 0 Å². The van der Waals surface area contributed by atoms with Crippen LogP contribution in [-0.4, -0.2) is 43.7 Å². The van der Waals surface area contributed by atoms with Gasteiger partial charge in [-0.15, -0.1) is 11.3 Å². The van der Waals surface area contributed by atoms with Gasteiger partial charge in [0.15, 0.2) is 5.96 Å². The number of aliphatic imine (C=N–C) groups is 1. The number of aryl methyl sites for hydroxylation is 1. The van der Waals surface area contributed by atoms with Gasteiger partial charge in [0.25, 0.3) is 0 Å². The molecular formula is C21H30N4OS. The maximum absolute atomic E-state index is 5.43. The zero-order chi connectivity index (χ0) is 18.9. The van der Waals surface area contributed by atoms with Gasteiger partial charge in [-0.3, -0.25) is 4.90 Å². The number of hydrogen-bond donors (Lipinski definition) is 2. The van der Waals surface area contributed by atoms with E-state index in [0.29, 0.717) is 6.54 Å². The first-order valence-corrected chi connectivity index (χ1v) is 10.5. The Balaban J connectivity index is 1.56. The first kappa shape index (κ1) is 19.9. The van der Waals surface area contributed by atoms with Crippen LogP contribution < -0.4 is 10.6 Å². The van der Waals surface area contributed by atoms with Crippen LogP contribution in [0.1, 0.15) is 27.8 Å². The number of rotatable bonds is 7. The van der Waals surface area contributed by atoms with Crippen molar-refractivity contribution in [3.05, 3.63) is 57.3 Å². The molecule has 1 fully saturated rings. The molecule has 0 bridgehead atoms.